The Kier molecular flexibility index (Phi) is 3.23. The topological polar surface area (TPSA) is 72.2 Å². The van der Waals surface area contributed by atoms with Crippen LogP contribution in [0.4, 0.5) is 5.69 Å². The normalized spacial score (nSPS) is 14.1. The summed E-state index contributed by atoms with van der Waals surface area (Å²) in [7, 11) is 0. The summed E-state index contributed by atoms with van der Waals surface area (Å²) in [6.45, 7) is 0. The molecule has 0 saturated carbocycles. The van der Waals surface area contributed by atoms with Gasteiger partial charge in [-0.15, -0.1) is 0 Å². The second kappa shape index (κ2) is 5.07. The highest BCUT2D eigenvalue weighted by Gasteiger charge is 2.30. The van der Waals surface area contributed by atoms with Crippen LogP contribution >= 0.6 is 11.6 Å². The van der Waals surface area contributed by atoms with Crippen LogP contribution in [0.1, 0.15) is 20.7 Å². The molecule has 0 amide bonds. The molecule has 0 spiro atoms. The van der Waals surface area contributed by atoms with E-state index in [-0.39, 0.29) is 23.0 Å². The summed E-state index contributed by atoms with van der Waals surface area (Å²) in [5.74, 6) is -0.640. The highest BCUT2D eigenvalue weighted by atomic mass is 35.5. The molecule has 0 fully saturated rings. The van der Waals surface area contributed by atoms with Crippen molar-refractivity contribution in [1.82, 2.24) is 0 Å². The lowest BCUT2D eigenvalue weighted by molar-refractivity contribution is 0.0974. The van der Waals surface area contributed by atoms with Crippen molar-refractivity contribution in [2.24, 2.45) is 5.73 Å². The summed E-state index contributed by atoms with van der Waals surface area (Å²) in [6.07, 6.45) is 0. The van der Waals surface area contributed by atoms with Gasteiger partial charge in [-0.2, -0.15) is 0 Å². The van der Waals surface area contributed by atoms with E-state index < -0.39 is 0 Å². The molecule has 21 heavy (non-hydrogen) atoms. The maximum Gasteiger partial charge on any atom is 0.212 e. The van der Waals surface area contributed by atoms with Crippen LogP contribution in [-0.4, -0.2) is 11.6 Å². The molecular formula is C16H11ClN2O2. The zero-order valence-electron chi connectivity index (χ0n) is 10.9. The van der Waals surface area contributed by atoms with E-state index in [1.807, 2.05) is 0 Å². The summed E-state index contributed by atoms with van der Waals surface area (Å²) >= 11 is 5.82. The van der Waals surface area contributed by atoms with Gasteiger partial charge in [0.2, 0.25) is 11.6 Å². The van der Waals surface area contributed by atoms with E-state index in [4.69, 9.17) is 17.3 Å². The predicted octanol–water partition coefficient (Wildman–Crippen LogP) is 3.00. The molecule has 104 valence electrons. The Morgan fingerprint density at radius 2 is 1.43 bits per heavy atom. The zero-order chi connectivity index (χ0) is 15.0. The molecule has 0 saturated heterocycles. The van der Waals surface area contributed by atoms with Crippen LogP contribution in [0.3, 0.4) is 0 Å². The van der Waals surface area contributed by atoms with Crippen molar-refractivity contribution in [3.8, 4) is 0 Å². The number of hydrogen-bond donors (Lipinski definition) is 2. The smallest absolute Gasteiger partial charge is 0.212 e. The van der Waals surface area contributed by atoms with Gasteiger partial charge in [0, 0.05) is 21.8 Å². The second-order valence-corrected chi connectivity index (χ2v) is 5.06. The van der Waals surface area contributed by atoms with E-state index in [1.54, 1.807) is 48.5 Å². The van der Waals surface area contributed by atoms with Crippen LogP contribution in [-0.2, 0) is 0 Å². The first kappa shape index (κ1) is 13.4. The molecule has 2 aromatic rings. The molecule has 4 nitrogen and oxygen atoms in total. The number of fused-ring (bicyclic) bond motifs is 1. The Balaban J connectivity index is 2.02. The molecule has 0 aliphatic heterocycles. The van der Waals surface area contributed by atoms with Crippen molar-refractivity contribution in [1.29, 1.82) is 0 Å². The summed E-state index contributed by atoms with van der Waals surface area (Å²) in [5, 5.41) is 3.49. The first-order valence-electron chi connectivity index (χ1n) is 6.28. The van der Waals surface area contributed by atoms with Gasteiger partial charge in [0.15, 0.2) is 0 Å². The minimum Gasteiger partial charge on any atom is -0.394 e. The fourth-order valence-electron chi connectivity index (χ4n) is 2.20. The molecule has 0 aromatic heterocycles. The summed E-state index contributed by atoms with van der Waals surface area (Å²) in [5.41, 5.74) is 7.18. The molecule has 3 N–H and O–H groups in total. The third-order valence-corrected chi connectivity index (χ3v) is 3.52. The van der Waals surface area contributed by atoms with E-state index in [0.29, 0.717) is 21.8 Å². The summed E-state index contributed by atoms with van der Waals surface area (Å²) < 4.78 is 0. The zero-order valence-corrected chi connectivity index (χ0v) is 11.6. The standard InChI is InChI=1S/C16H11ClN2O2/c17-9-5-7-10(8-6-9)19-14-13(18)15(20)11-3-1-2-4-12(11)16(14)21/h1-8,19H,18H2. The summed E-state index contributed by atoms with van der Waals surface area (Å²) in [6, 6.07) is 13.4. The van der Waals surface area contributed by atoms with Gasteiger partial charge in [-0.25, -0.2) is 0 Å². The van der Waals surface area contributed by atoms with Crippen molar-refractivity contribution in [2.45, 2.75) is 0 Å². The van der Waals surface area contributed by atoms with Crippen LogP contribution in [0.5, 0.6) is 0 Å². The number of halogens is 1. The third-order valence-electron chi connectivity index (χ3n) is 3.27. The van der Waals surface area contributed by atoms with Gasteiger partial charge in [-0.3, -0.25) is 9.59 Å². The quantitative estimate of drug-likeness (QED) is 0.894. The lowest BCUT2D eigenvalue weighted by Gasteiger charge is -2.19. The van der Waals surface area contributed by atoms with Gasteiger partial charge in [-0.1, -0.05) is 35.9 Å². The van der Waals surface area contributed by atoms with Crippen LogP contribution in [0.15, 0.2) is 59.9 Å². The molecule has 0 atom stereocenters. The number of ketones is 2. The Morgan fingerprint density at radius 3 is 2.05 bits per heavy atom. The van der Waals surface area contributed by atoms with Gasteiger partial charge >= 0.3 is 0 Å². The molecule has 0 bridgehead atoms. The number of rotatable bonds is 2. The maximum atomic E-state index is 12.5. The van der Waals surface area contributed by atoms with Crippen molar-refractivity contribution in [3.63, 3.8) is 0 Å². The van der Waals surface area contributed by atoms with Gasteiger partial charge in [0.05, 0.1) is 0 Å². The Bertz CT molecular complexity index is 779. The minimum atomic E-state index is -0.346. The number of carbonyl (C=O) groups excluding carboxylic acids is 2. The Morgan fingerprint density at radius 1 is 0.857 bits per heavy atom. The number of nitrogens with one attached hydrogen (secondary N) is 1. The molecule has 5 heteroatoms. The highest BCUT2D eigenvalue weighted by molar-refractivity contribution is 6.30. The maximum absolute atomic E-state index is 12.5. The molecule has 0 unspecified atom stereocenters. The predicted molar refractivity (Wildman–Crippen MR) is 81.4 cm³/mol. The first-order chi connectivity index (χ1) is 10.1. The number of nitrogens with two attached hydrogens (primary N) is 1. The van der Waals surface area contributed by atoms with Crippen molar-refractivity contribution < 1.29 is 9.59 Å². The average molecular weight is 299 g/mol. The molecule has 2 aromatic carbocycles. The SMILES string of the molecule is NC1=C(Nc2ccc(Cl)cc2)C(=O)c2ccccc2C1=O. The number of allylic oxidation sites excluding steroid dienone is 2. The molecule has 0 heterocycles. The van der Waals surface area contributed by atoms with E-state index in [9.17, 15) is 9.59 Å². The number of Topliss-reactive ketones (excluding diaryl/α,β-unsaturated/α-hetero) is 2. The van der Waals surface area contributed by atoms with E-state index in [2.05, 4.69) is 5.32 Å². The monoisotopic (exact) mass is 298 g/mol. The molecule has 3 rings (SSSR count). The molecule has 0 radical (unpaired) electrons. The van der Waals surface area contributed by atoms with E-state index in [0.717, 1.165) is 0 Å². The Labute approximate surface area is 126 Å². The van der Waals surface area contributed by atoms with Gasteiger partial charge in [-0.05, 0) is 24.3 Å². The lowest BCUT2D eigenvalue weighted by atomic mass is 9.90. The second-order valence-electron chi connectivity index (χ2n) is 4.62. The average Bonchev–Trinajstić information content (AvgIpc) is 2.51. The van der Waals surface area contributed by atoms with Crippen LogP contribution in [0.2, 0.25) is 5.02 Å². The number of carbonyl (C=O) groups is 2. The van der Waals surface area contributed by atoms with Gasteiger partial charge in [0.1, 0.15) is 11.4 Å². The fourth-order valence-corrected chi connectivity index (χ4v) is 2.32. The van der Waals surface area contributed by atoms with E-state index in [1.165, 1.54) is 0 Å². The van der Waals surface area contributed by atoms with Crippen molar-refractivity contribution in [3.05, 3.63) is 76.1 Å². The number of hydrogen-bond acceptors (Lipinski definition) is 4. The molecular weight excluding hydrogens is 288 g/mol. The largest absolute Gasteiger partial charge is 0.394 e. The van der Waals surface area contributed by atoms with E-state index >= 15 is 0 Å². The summed E-state index contributed by atoms with van der Waals surface area (Å²) in [4.78, 5) is 24.7. The number of benzene rings is 2. The Hall–Kier alpha value is -2.59. The number of anilines is 1. The van der Waals surface area contributed by atoms with Gasteiger partial charge in [0.25, 0.3) is 0 Å². The van der Waals surface area contributed by atoms with Crippen LogP contribution < -0.4 is 11.1 Å². The minimum absolute atomic E-state index is 0.0753. The van der Waals surface area contributed by atoms with Gasteiger partial charge < -0.3 is 11.1 Å². The molecule has 1 aliphatic carbocycles. The first-order valence-corrected chi connectivity index (χ1v) is 6.66. The lowest BCUT2D eigenvalue weighted by Crippen LogP contribution is -2.29. The van der Waals surface area contributed by atoms with Crippen molar-refractivity contribution >= 4 is 28.9 Å². The molecule has 1 aliphatic rings. The van der Waals surface area contributed by atoms with Crippen molar-refractivity contribution in [2.75, 3.05) is 5.32 Å². The highest BCUT2D eigenvalue weighted by Crippen LogP contribution is 2.25. The third kappa shape index (κ3) is 2.30. The van der Waals surface area contributed by atoms with Crippen LogP contribution in [0.25, 0.3) is 0 Å². The van der Waals surface area contributed by atoms with Crippen LogP contribution in [0, 0.1) is 0 Å². The fraction of sp³-hybridized carbons (Fsp3) is 0.